The predicted octanol–water partition coefficient (Wildman–Crippen LogP) is 4.31. The Morgan fingerprint density at radius 1 is 1.04 bits per heavy atom. The summed E-state index contributed by atoms with van der Waals surface area (Å²) in [5, 5.41) is 12.2. The topological polar surface area (TPSA) is 79.5 Å². The van der Waals surface area contributed by atoms with Crippen LogP contribution in [0.1, 0.15) is 54.9 Å². The van der Waals surface area contributed by atoms with E-state index >= 15 is 0 Å². The molecule has 0 aliphatic heterocycles. The van der Waals surface area contributed by atoms with E-state index in [1.165, 1.54) is 18.1 Å². The van der Waals surface area contributed by atoms with Gasteiger partial charge in [0.1, 0.15) is 0 Å². The summed E-state index contributed by atoms with van der Waals surface area (Å²) in [7, 11) is -5.59. The number of hydrogen-bond acceptors (Lipinski definition) is 5. The molecule has 0 amide bonds. The molecule has 0 fully saturated rings. The predicted molar refractivity (Wildman–Crippen MR) is 109 cm³/mol. The van der Waals surface area contributed by atoms with E-state index in [2.05, 4.69) is 31.9 Å². The van der Waals surface area contributed by atoms with Crippen molar-refractivity contribution in [3.63, 3.8) is 0 Å². The van der Waals surface area contributed by atoms with Gasteiger partial charge >= 0.3 is 150 Å². The standard InChI is InChI=1S/C17H40N3O2PSi/c1-8-24(9-2,10-3)15-13-19-23(21,22,14-11-12-18)20(16(4)5)17(6)7/h16-17,19,21-22H,8-11,13-15H2,1-7H3. The summed E-state index contributed by atoms with van der Waals surface area (Å²) in [5.41, 5.74) is 0. The SMILES string of the molecule is CC[Si](CC)(CC)CCNP(O)(O)(CCC#N)N(C(C)C)C(C)C. The average Bonchev–Trinajstić information content (AvgIpc) is 2.49. The Balaban J connectivity index is 5.41. The zero-order valence-electron chi connectivity index (χ0n) is 16.8. The molecule has 0 saturated carbocycles. The van der Waals surface area contributed by atoms with Crippen molar-refractivity contribution >= 4 is 15.4 Å². The Morgan fingerprint density at radius 2 is 1.50 bits per heavy atom. The molecule has 3 N–H and O–H groups in total. The molecule has 0 aromatic rings. The first-order chi connectivity index (χ1) is 11.0. The Labute approximate surface area is 150 Å². The van der Waals surface area contributed by atoms with Gasteiger partial charge in [0.15, 0.2) is 0 Å². The van der Waals surface area contributed by atoms with Gasteiger partial charge in [-0.15, -0.1) is 0 Å². The van der Waals surface area contributed by atoms with Crippen molar-refractivity contribution in [2.75, 3.05) is 12.7 Å². The van der Waals surface area contributed by atoms with Crippen molar-refractivity contribution in [3.8, 4) is 6.07 Å². The molecule has 0 radical (unpaired) electrons. The van der Waals surface area contributed by atoms with Crippen molar-refractivity contribution in [1.82, 2.24) is 9.76 Å². The van der Waals surface area contributed by atoms with Crippen LogP contribution in [0.5, 0.6) is 0 Å². The third-order valence-electron chi connectivity index (χ3n) is 5.52. The van der Waals surface area contributed by atoms with Crippen LogP contribution < -0.4 is 5.09 Å². The van der Waals surface area contributed by atoms with Crippen LogP contribution >= 0.6 is 7.36 Å². The Hall–Kier alpha value is -0.0231. The summed E-state index contributed by atoms with van der Waals surface area (Å²) in [4.78, 5) is 22.8. The van der Waals surface area contributed by atoms with Gasteiger partial charge in [-0.25, -0.2) is 0 Å². The summed E-state index contributed by atoms with van der Waals surface area (Å²) >= 11 is 0. The molecule has 0 heterocycles. The van der Waals surface area contributed by atoms with E-state index in [1.54, 1.807) is 4.67 Å². The third-order valence-corrected chi connectivity index (χ3v) is 15.1. The van der Waals surface area contributed by atoms with Crippen molar-refractivity contribution < 1.29 is 9.79 Å². The number of nitrogens with zero attached hydrogens (tertiary/aromatic N) is 2. The normalized spacial score (nSPS) is 14.9. The molecule has 5 nitrogen and oxygen atoms in total. The van der Waals surface area contributed by atoms with Crippen LogP contribution in [0, 0.1) is 11.3 Å². The van der Waals surface area contributed by atoms with E-state index in [-0.39, 0.29) is 24.7 Å². The van der Waals surface area contributed by atoms with Crippen LogP contribution in [-0.4, -0.2) is 47.3 Å². The molecule has 7 heteroatoms. The van der Waals surface area contributed by atoms with Crippen molar-refractivity contribution in [1.29, 1.82) is 5.26 Å². The van der Waals surface area contributed by atoms with E-state index in [0.717, 1.165) is 6.04 Å². The Kier molecular flexibility index (Phi) is 9.60. The Bertz CT molecular complexity index is 404. The fourth-order valence-corrected chi connectivity index (χ4v) is 10.9. The number of hydrogen-bond donors (Lipinski definition) is 3. The average molecular weight is 378 g/mol. The van der Waals surface area contributed by atoms with Crippen LogP contribution in [0.15, 0.2) is 0 Å². The van der Waals surface area contributed by atoms with Gasteiger partial charge in [0.25, 0.3) is 0 Å². The van der Waals surface area contributed by atoms with Gasteiger partial charge in [0.2, 0.25) is 0 Å². The molecule has 0 unspecified atom stereocenters. The van der Waals surface area contributed by atoms with Gasteiger partial charge < -0.3 is 0 Å². The summed E-state index contributed by atoms with van der Waals surface area (Å²) in [6, 6.07) is 6.79. The van der Waals surface area contributed by atoms with E-state index in [4.69, 9.17) is 5.26 Å². The summed E-state index contributed by atoms with van der Waals surface area (Å²) < 4.78 is 1.80. The van der Waals surface area contributed by atoms with Crippen molar-refractivity contribution in [2.45, 2.75) is 91.1 Å². The zero-order valence-corrected chi connectivity index (χ0v) is 18.7. The van der Waals surface area contributed by atoms with Crippen LogP contribution in [0.4, 0.5) is 0 Å². The monoisotopic (exact) mass is 377 g/mol. The molecule has 144 valence electrons. The van der Waals surface area contributed by atoms with Crippen LogP contribution in [0.3, 0.4) is 0 Å². The van der Waals surface area contributed by atoms with Crippen LogP contribution in [-0.2, 0) is 0 Å². The molecule has 0 aromatic carbocycles. The fraction of sp³-hybridized carbons (Fsp3) is 0.941. The summed E-state index contributed by atoms with van der Waals surface area (Å²) in [5.74, 6) is 0. The van der Waals surface area contributed by atoms with Gasteiger partial charge in [0, 0.05) is 0 Å². The number of nitrogens with one attached hydrogen (secondary N) is 1. The Morgan fingerprint density at radius 3 is 1.83 bits per heavy atom. The van der Waals surface area contributed by atoms with Gasteiger partial charge in [-0.2, -0.15) is 0 Å². The minimum absolute atomic E-state index is 0.00520. The van der Waals surface area contributed by atoms with Gasteiger partial charge in [-0.05, 0) is 0 Å². The molecule has 0 aliphatic rings. The molecule has 0 aromatic heterocycles. The van der Waals surface area contributed by atoms with Crippen LogP contribution in [0.2, 0.25) is 24.2 Å². The quantitative estimate of drug-likeness (QED) is 0.349. The molecule has 0 spiro atoms. The van der Waals surface area contributed by atoms with Crippen LogP contribution in [0.25, 0.3) is 0 Å². The molecular formula is C17H40N3O2PSi. The molecule has 0 aliphatic carbocycles. The zero-order chi connectivity index (χ0) is 19.0. The maximum atomic E-state index is 11.4. The van der Waals surface area contributed by atoms with E-state index in [9.17, 15) is 9.79 Å². The molecule has 0 atom stereocenters. The first-order valence-electron chi connectivity index (χ1n) is 9.43. The minimum atomic E-state index is -4.27. The van der Waals surface area contributed by atoms with Crippen molar-refractivity contribution in [2.24, 2.45) is 0 Å². The first kappa shape index (κ1) is 24.0. The second-order valence-electron chi connectivity index (χ2n) is 7.57. The molecular weight excluding hydrogens is 337 g/mol. The summed E-state index contributed by atoms with van der Waals surface area (Å²) in [6.07, 6.45) is 0.239. The van der Waals surface area contributed by atoms with E-state index in [0.29, 0.717) is 6.54 Å². The molecule has 0 rings (SSSR count). The van der Waals surface area contributed by atoms with Gasteiger partial charge in [-0.3, -0.25) is 0 Å². The van der Waals surface area contributed by atoms with Crippen molar-refractivity contribution in [3.05, 3.63) is 0 Å². The fourth-order valence-electron chi connectivity index (χ4n) is 3.93. The maximum absolute atomic E-state index is 11.4. The van der Waals surface area contributed by atoms with Gasteiger partial charge in [0.05, 0.1) is 0 Å². The molecule has 0 bridgehead atoms. The molecule has 24 heavy (non-hydrogen) atoms. The number of rotatable bonds is 12. The summed E-state index contributed by atoms with van der Waals surface area (Å²) in [6.45, 7) is 15.3. The third kappa shape index (κ3) is 6.05. The second-order valence-corrected chi connectivity index (χ2v) is 16.7. The molecule has 0 saturated heterocycles. The van der Waals surface area contributed by atoms with E-state index < -0.39 is 15.4 Å². The first-order valence-corrected chi connectivity index (χ1v) is 14.5. The van der Waals surface area contributed by atoms with Gasteiger partial charge in [-0.1, -0.05) is 0 Å². The number of nitriles is 1. The second kappa shape index (κ2) is 9.61. The van der Waals surface area contributed by atoms with E-state index in [1.807, 2.05) is 27.7 Å².